The van der Waals surface area contributed by atoms with Crippen molar-refractivity contribution >= 4 is 0 Å². The monoisotopic (exact) mass is 326 g/mol. The Balaban J connectivity index is 2.64. The van der Waals surface area contributed by atoms with E-state index >= 15 is 0 Å². The Morgan fingerprint density at radius 1 is 1.00 bits per heavy atom. The quantitative estimate of drug-likeness (QED) is 0.633. The fraction of sp³-hybridized carbons (Fsp3) is 0.333. The molecule has 0 saturated carbocycles. The molecule has 0 unspecified atom stereocenters. The summed E-state index contributed by atoms with van der Waals surface area (Å²) >= 11 is 0. The van der Waals surface area contributed by atoms with Crippen LogP contribution in [0.15, 0.2) is 30.3 Å². The van der Waals surface area contributed by atoms with Crippen LogP contribution in [0.2, 0.25) is 0 Å². The van der Waals surface area contributed by atoms with Crippen molar-refractivity contribution < 1.29 is 22.3 Å². The molecule has 0 amide bonds. The molecular weight excluding hydrogens is 308 g/mol. The maximum absolute atomic E-state index is 14.1. The van der Waals surface area contributed by atoms with Gasteiger partial charge in [-0.2, -0.15) is 13.2 Å². The predicted molar refractivity (Wildman–Crippen MR) is 82.2 cm³/mol. The summed E-state index contributed by atoms with van der Waals surface area (Å²) in [6, 6.07) is 6.45. The molecule has 23 heavy (non-hydrogen) atoms. The van der Waals surface area contributed by atoms with Crippen molar-refractivity contribution in [2.45, 2.75) is 32.9 Å². The average Bonchev–Trinajstić information content (AvgIpc) is 2.45. The summed E-state index contributed by atoms with van der Waals surface area (Å²) in [5.41, 5.74) is 1.43. The van der Waals surface area contributed by atoms with Crippen molar-refractivity contribution in [1.82, 2.24) is 0 Å². The molecule has 0 aromatic heterocycles. The topological polar surface area (TPSA) is 9.23 Å². The van der Waals surface area contributed by atoms with Crippen LogP contribution < -0.4 is 4.74 Å². The number of methoxy groups -OCH3 is 1. The van der Waals surface area contributed by atoms with Crippen molar-refractivity contribution in [3.63, 3.8) is 0 Å². The second kappa shape index (κ2) is 6.22. The molecule has 2 aromatic rings. The molecular formula is C18H18F4O. The van der Waals surface area contributed by atoms with E-state index in [-0.39, 0.29) is 11.7 Å². The minimum atomic E-state index is -4.39. The van der Waals surface area contributed by atoms with Crippen LogP contribution >= 0.6 is 0 Å². The highest BCUT2D eigenvalue weighted by molar-refractivity contribution is 5.74. The van der Waals surface area contributed by atoms with E-state index in [0.29, 0.717) is 28.0 Å². The minimum absolute atomic E-state index is 0.0468. The third-order valence-corrected chi connectivity index (χ3v) is 3.78. The number of benzene rings is 2. The van der Waals surface area contributed by atoms with Crippen LogP contribution in [0.1, 0.15) is 36.5 Å². The lowest BCUT2D eigenvalue weighted by atomic mass is 9.93. The first kappa shape index (κ1) is 17.3. The molecule has 5 heteroatoms. The van der Waals surface area contributed by atoms with Crippen molar-refractivity contribution in [3.05, 3.63) is 52.8 Å². The van der Waals surface area contributed by atoms with Crippen molar-refractivity contribution in [3.8, 4) is 16.9 Å². The van der Waals surface area contributed by atoms with Crippen LogP contribution in [0.25, 0.3) is 11.1 Å². The van der Waals surface area contributed by atoms with Crippen LogP contribution in [0.4, 0.5) is 17.6 Å². The maximum atomic E-state index is 14.1. The number of ether oxygens (including phenoxy) is 1. The largest absolute Gasteiger partial charge is 0.496 e. The van der Waals surface area contributed by atoms with E-state index in [1.807, 2.05) is 13.8 Å². The fourth-order valence-electron chi connectivity index (χ4n) is 2.54. The van der Waals surface area contributed by atoms with E-state index < -0.39 is 11.7 Å². The van der Waals surface area contributed by atoms with E-state index in [9.17, 15) is 17.6 Å². The van der Waals surface area contributed by atoms with Gasteiger partial charge in [0.1, 0.15) is 11.6 Å². The minimum Gasteiger partial charge on any atom is -0.496 e. The van der Waals surface area contributed by atoms with Gasteiger partial charge in [-0.1, -0.05) is 19.9 Å². The molecule has 0 aliphatic heterocycles. The molecule has 0 bridgehead atoms. The Morgan fingerprint density at radius 2 is 1.65 bits per heavy atom. The molecule has 0 N–H and O–H groups in total. The van der Waals surface area contributed by atoms with Gasteiger partial charge >= 0.3 is 6.18 Å². The molecule has 2 aromatic carbocycles. The molecule has 0 spiro atoms. The summed E-state index contributed by atoms with van der Waals surface area (Å²) < 4.78 is 57.7. The Hall–Kier alpha value is -2.04. The number of aryl methyl sites for hydroxylation is 1. The van der Waals surface area contributed by atoms with E-state index in [1.54, 1.807) is 13.0 Å². The van der Waals surface area contributed by atoms with Gasteiger partial charge < -0.3 is 4.74 Å². The Labute approximate surface area is 132 Å². The molecule has 0 atom stereocenters. The van der Waals surface area contributed by atoms with Crippen LogP contribution in [-0.4, -0.2) is 7.11 Å². The Kier molecular flexibility index (Phi) is 4.68. The molecule has 0 fully saturated rings. The van der Waals surface area contributed by atoms with Crippen LogP contribution in [0.5, 0.6) is 5.75 Å². The van der Waals surface area contributed by atoms with Gasteiger partial charge in [0.2, 0.25) is 0 Å². The molecule has 0 radical (unpaired) electrons. The standard InChI is InChI=1S/C18H18F4O/c1-10(2)14-8-15(17(23-4)9-16(14)19)13-6-5-12(7-11(13)3)18(20,21)22/h5-10H,1-4H3. The molecule has 0 saturated heterocycles. The van der Waals surface area contributed by atoms with Gasteiger partial charge in [0, 0.05) is 11.6 Å². The summed E-state index contributed by atoms with van der Waals surface area (Å²) in [6.07, 6.45) is -4.39. The predicted octanol–water partition coefficient (Wildman–Crippen LogP) is 5.95. The zero-order valence-electron chi connectivity index (χ0n) is 13.4. The van der Waals surface area contributed by atoms with Crippen LogP contribution in [0.3, 0.4) is 0 Å². The highest BCUT2D eigenvalue weighted by Gasteiger charge is 2.30. The number of halogens is 4. The number of hydrogen-bond acceptors (Lipinski definition) is 1. The maximum Gasteiger partial charge on any atom is 0.416 e. The summed E-state index contributed by atoms with van der Waals surface area (Å²) in [6.45, 7) is 5.31. The summed E-state index contributed by atoms with van der Waals surface area (Å²) in [7, 11) is 1.41. The first-order valence-corrected chi connectivity index (χ1v) is 7.20. The second-order valence-corrected chi connectivity index (χ2v) is 5.76. The molecule has 0 heterocycles. The normalized spacial score (nSPS) is 11.9. The van der Waals surface area contributed by atoms with Gasteiger partial charge in [-0.25, -0.2) is 4.39 Å². The fourth-order valence-corrected chi connectivity index (χ4v) is 2.54. The Morgan fingerprint density at radius 3 is 2.13 bits per heavy atom. The summed E-state index contributed by atoms with van der Waals surface area (Å²) in [5, 5.41) is 0. The third-order valence-electron chi connectivity index (χ3n) is 3.78. The van der Waals surface area contributed by atoms with E-state index in [0.717, 1.165) is 12.1 Å². The third kappa shape index (κ3) is 3.49. The lowest BCUT2D eigenvalue weighted by Crippen LogP contribution is -2.05. The van der Waals surface area contributed by atoms with Gasteiger partial charge in [0.05, 0.1) is 12.7 Å². The summed E-state index contributed by atoms with van der Waals surface area (Å²) in [5.74, 6) is -0.130. The second-order valence-electron chi connectivity index (χ2n) is 5.76. The highest BCUT2D eigenvalue weighted by Crippen LogP contribution is 2.38. The van der Waals surface area contributed by atoms with Gasteiger partial charge in [-0.3, -0.25) is 0 Å². The van der Waals surface area contributed by atoms with Gasteiger partial charge in [0.25, 0.3) is 0 Å². The zero-order chi connectivity index (χ0) is 17.4. The molecule has 0 aliphatic rings. The van der Waals surface area contributed by atoms with Crippen LogP contribution in [0, 0.1) is 12.7 Å². The number of alkyl halides is 3. The van der Waals surface area contributed by atoms with Gasteiger partial charge in [-0.05, 0) is 47.7 Å². The van der Waals surface area contributed by atoms with Crippen molar-refractivity contribution in [2.24, 2.45) is 0 Å². The van der Waals surface area contributed by atoms with Crippen molar-refractivity contribution in [1.29, 1.82) is 0 Å². The van der Waals surface area contributed by atoms with E-state index in [2.05, 4.69) is 0 Å². The van der Waals surface area contributed by atoms with E-state index in [1.165, 1.54) is 19.2 Å². The van der Waals surface area contributed by atoms with Gasteiger partial charge in [0.15, 0.2) is 0 Å². The molecule has 0 aliphatic carbocycles. The summed E-state index contributed by atoms with van der Waals surface area (Å²) in [4.78, 5) is 0. The first-order valence-electron chi connectivity index (χ1n) is 7.20. The number of hydrogen-bond donors (Lipinski definition) is 0. The zero-order valence-corrected chi connectivity index (χ0v) is 13.4. The molecule has 2 rings (SSSR count). The van der Waals surface area contributed by atoms with Gasteiger partial charge in [-0.15, -0.1) is 0 Å². The molecule has 1 nitrogen and oxygen atoms in total. The smallest absolute Gasteiger partial charge is 0.416 e. The number of rotatable bonds is 3. The average molecular weight is 326 g/mol. The first-order chi connectivity index (χ1) is 10.6. The SMILES string of the molecule is COc1cc(F)c(C(C)C)cc1-c1ccc(C(F)(F)F)cc1C. The lowest BCUT2D eigenvalue weighted by Gasteiger charge is -2.17. The highest BCUT2D eigenvalue weighted by atomic mass is 19.4. The Bertz CT molecular complexity index is 718. The van der Waals surface area contributed by atoms with E-state index in [4.69, 9.17) is 4.74 Å². The van der Waals surface area contributed by atoms with Crippen LogP contribution in [-0.2, 0) is 6.18 Å². The molecule has 124 valence electrons. The van der Waals surface area contributed by atoms with Crippen molar-refractivity contribution in [2.75, 3.05) is 7.11 Å². The lowest BCUT2D eigenvalue weighted by molar-refractivity contribution is -0.137.